The lowest BCUT2D eigenvalue weighted by atomic mass is 9.82. The summed E-state index contributed by atoms with van der Waals surface area (Å²) in [5, 5.41) is 19.8. The van der Waals surface area contributed by atoms with Crippen LogP contribution in [0.2, 0.25) is 0 Å². The van der Waals surface area contributed by atoms with Gasteiger partial charge in [0.2, 0.25) is 0 Å². The number of nitrogens with two attached hydrogens (primary N) is 1. The molecule has 1 aromatic rings. The van der Waals surface area contributed by atoms with Crippen LogP contribution < -0.4 is 5.73 Å². The minimum atomic E-state index is -0.965. The molecule has 0 saturated heterocycles. The number of hydrogen-bond acceptors (Lipinski definition) is 5. The van der Waals surface area contributed by atoms with E-state index in [1.165, 1.54) is 11.1 Å². The topological polar surface area (TPSA) is 107 Å². The molecule has 1 heterocycles. The summed E-state index contributed by atoms with van der Waals surface area (Å²) in [6.07, 6.45) is 4.87. The van der Waals surface area contributed by atoms with E-state index in [1.807, 2.05) is 0 Å². The molecule has 0 aliphatic heterocycles. The second-order valence-electron chi connectivity index (χ2n) is 4.27. The third kappa shape index (κ3) is 2.04. The highest BCUT2D eigenvalue weighted by Gasteiger charge is 2.35. The fraction of sp³-hybridized carbons (Fsp3) is 0.778. The zero-order chi connectivity index (χ0) is 11.6. The minimum Gasteiger partial charge on any atom is -0.480 e. The van der Waals surface area contributed by atoms with Gasteiger partial charge in [0.05, 0.1) is 5.54 Å². The first kappa shape index (κ1) is 11.0. The third-order valence-corrected chi connectivity index (χ3v) is 3.01. The van der Waals surface area contributed by atoms with Crippen molar-refractivity contribution in [1.82, 2.24) is 20.2 Å². The molecule has 1 fully saturated rings. The summed E-state index contributed by atoms with van der Waals surface area (Å²) < 4.78 is 1.29. The van der Waals surface area contributed by atoms with Crippen LogP contribution >= 0.6 is 0 Å². The maximum atomic E-state index is 10.6. The molecule has 0 aromatic carbocycles. The lowest BCUT2D eigenvalue weighted by Gasteiger charge is -2.31. The average molecular weight is 225 g/mol. The van der Waals surface area contributed by atoms with Gasteiger partial charge in [0.25, 0.3) is 0 Å². The Bertz CT molecular complexity index is 383. The number of nitrogens with zero attached hydrogens (tertiary/aromatic N) is 4. The van der Waals surface area contributed by atoms with Crippen LogP contribution in [0.1, 0.15) is 37.9 Å². The number of rotatable bonds is 3. The van der Waals surface area contributed by atoms with Gasteiger partial charge in [0.1, 0.15) is 6.54 Å². The number of aromatic nitrogens is 4. The van der Waals surface area contributed by atoms with Crippen LogP contribution in [0.5, 0.6) is 0 Å². The predicted molar refractivity (Wildman–Crippen MR) is 54.4 cm³/mol. The van der Waals surface area contributed by atoms with Crippen LogP contribution in [0.25, 0.3) is 0 Å². The van der Waals surface area contributed by atoms with Crippen molar-refractivity contribution in [2.45, 2.75) is 44.2 Å². The number of carbonyl (C=O) groups is 1. The number of aliphatic carboxylic acids is 1. The highest BCUT2D eigenvalue weighted by molar-refractivity contribution is 5.66. The van der Waals surface area contributed by atoms with E-state index in [0.717, 1.165) is 25.7 Å². The monoisotopic (exact) mass is 225 g/mol. The first-order valence-corrected chi connectivity index (χ1v) is 5.39. The van der Waals surface area contributed by atoms with E-state index in [4.69, 9.17) is 10.8 Å². The van der Waals surface area contributed by atoms with E-state index in [1.54, 1.807) is 0 Å². The smallest absolute Gasteiger partial charge is 0.325 e. The molecular weight excluding hydrogens is 210 g/mol. The van der Waals surface area contributed by atoms with E-state index >= 15 is 0 Å². The highest BCUT2D eigenvalue weighted by atomic mass is 16.4. The second-order valence-corrected chi connectivity index (χ2v) is 4.27. The number of carboxylic acid groups (broad SMARTS) is 1. The van der Waals surface area contributed by atoms with Crippen LogP contribution in [0, 0.1) is 0 Å². The average Bonchev–Trinajstić information content (AvgIpc) is 2.66. The maximum Gasteiger partial charge on any atom is 0.325 e. The zero-order valence-corrected chi connectivity index (χ0v) is 8.96. The Labute approximate surface area is 92.6 Å². The lowest BCUT2D eigenvalue weighted by molar-refractivity contribution is -0.138. The molecule has 0 bridgehead atoms. The Balaban J connectivity index is 2.24. The molecule has 0 spiro atoms. The molecule has 1 saturated carbocycles. The van der Waals surface area contributed by atoms with E-state index in [9.17, 15) is 4.79 Å². The standard InChI is InChI=1S/C9H15N5O2/c10-9(4-2-1-3-5-9)8-11-12-13-14(8)6-7(15)16/h1-6,10H2,(H,15,16). The van der Waals surface area contributed by atoms with Gasteiger partial charge >= 0.3 is 5.97 Å². The number of carboxylic acids is 1. The molecule has 2 rings (SSSR count). The van der Waals surface area contributed by atoms with Gasteiger partial charge in [-0.2, -0.15) is 0 Å². The fourth-order valence-electron chi connectivity index (χ4n) is 2.20. The van der Waals surface area contributed by atoms with Gasteiger partial charge < -0.3 is 10.8 Å². The van der Waals surface area contributed by atoms with Crippen LogP contribution in [0.3, 0.4) is 0 Å². The van der Waals surface area contributed by atoms with Crippen molar-refractivity contribution in [2.24, 2.45) is 5.73 Å². The van der Waals surface area contributed by atoms with Gasteiger partial charge in [-0.3, -0.25) is 4.79 Å². The van der Waals surface area contributed by atoms with Gasteiger partial charge in [-0.05, 0) is 23.3 Å². The first-order valence-electron chi connectivity index (χ1n) is 5.39. The summed E-state index contributed by atoms with van der Waals surface area (Å²) in [5.74, 6) is -0.470. The first-order chi connectivity index (χ1) is 7.62. The fourth-order valence-corrected chi connectivity index (χ4v) is 2.20. The molecule has 0 amide bonds. The summed E-state index contributed by atoms with van der Waals surface area (Å²) in [5.41, 5.74) is 5.69. The van der Waals surface area contributed by atoms with Gasteiger partial charge in [0.15, 0.2) is 5.82 Å². The highest BCUT2D eigenvalue weighted by Crippen LogP contribution is 2.33. The van der Waals surface area contributed by atoms with Crippen LogP contribution in [-0.4, -0.2) is 31.3 Å². The summed E-state index contributed by atoms with van der Waals surface area (Å²) in [6, 6.07) is 0. The molecule has 3 N–H and O–H groups in total. The van der Waals surface area contributed by atoms with E-state index in [-0.39, 0.29) is 6.54 Å². The van der Waals surface area contributed by atoms with Gasteiger partial charge in [-0.15, -0.1) is 5.10 Å². The molecule has 7 nitrogen and oxygen atoms in total. The Kier molecular flexibility index (Phi) is 2.86. The van der Waals surface area contributed by atoms with E-state index in [0.29, 0.717) is 5.82 Å². The molecule has 88 valence electrons. The lowest BCUT2D eigenvalue weighted by Crippen LogP contribution is -2.41. The predicted octanol–water partition coefficient (Wildman–Crippen LogP) is -0.124. The quantitative estimate of drug-likeness (QED) is 0.742. The second kappa shape index (κ2) is 4.17. The van der Waals surface area contributed by atoms with Crippen molar-refractivity contribution < 1.29 is 9.90 Å². The van der Waals surface area contributed by atoms with Crippen LogP contribution in [0.15, 0.2) is 0 Å². The van der Waals surface area contributed by atoms with Crippen molar-refractivity contribution >= 4 is 5.97 Å². The minimum absolute atomic E-state index is 0.235. The molecule has 0 radical (unpaired) electrons. The molecule has 1 aliphatic rings. The number of hydrogen-bond donors (Lipinski definition) is 2. The van der Waals surface area contributed by atoms with E-state index in [2.05, 4.69) is 15.5 Å². The molecule has 16 heavy (non-hydrogen) atoms. The molecule has 1 aromatic heterocycles. The van der Waals surface area contributed by atoms with Gasteiger partial charge in [-0.25, -0.2) is 4.68 Å². The van der Waals surface area contributed by atoms with Crippen molar-refractivity contribution in [2.75, 3.05) is 0 Å². The Morgan fingerprint density at radius 1 is 1.44 bits per heavy atom. The largest absolute Gasteiger partial charge is 0.480 e. The van der Waals surface area contributed by atoms with E-state index < -0.39 is 11.5 Å². The molecule has 0 unspecified atom stereocenters. The van der Waals surface area contributed by atoms with Gasteiger partial charge in [-0.1, -0.05) is 19.3 Å². The van der Waals surface area contributed by atoms with Crippen molar-refractivity contribution in [1.29, 1.82) is 0 Å². The van der Waals surface area contributed by atoms with Crippen molar-refractivity contribution in [3.63, 3.8) is 0 Å². The summed E-state index contributed by atoms with van der Waals surface area (Å²) >= 11 is 0. The van der Waals surface area contributed by atoms with Crippen LogP contribution in [0.4, 0.5) is 0 Å². The molecule has 0 atom stereocenters. The Morgan fingerprint density at radius 2 is 2.12 bits per heavy atom. The Hall–Kier alpha value is -1.50. The summed E-state index contributed by atoms with van der Waals surface area (Å²) in [6.45, 7) is -0.235. The SMILES string of the molecule is NC1(c2nnnn2CC(=O)O)CCCCC1. The van der Waals surface area contributed by atoms with Crippen molar-refractivity contribution in [3.05, 3.63) is 5.82 Å². The Morgan fingerprint density at radius 3 is 2.75 bits per heavy atom. The molecule has 7 heteroatoms. The molecular formula is C9H15N5O2. The zero-order valence-electron chi connectivity index (χ0n) is 8.96. The number of tetrazole rings is 1. The summed E-state index contributed by atoms with van der Waals surface area (Å²) in [4.78, 5) is 10.6. The molecule has 1 aliphatic carbocycles. The normalized spacial score (nSPS) is 19.6. The van der Waals surface area contributed by atoms with Crippen LogP contribution in [-0.2, 0) is 16.9 Å². The van der Waals surface area contributed by atoms with Crippen molar-refractivity contribution in [3.8, 4) is 0 Å². The maximum absolute atomic E-state index is 10.6. The van der Waals surface area contributed by atoms with Gasteiger partial charge in [0, 0.05) is 0 Å². The summed E-state index contributed by atoms with van der Waals surface area (Å²) in [7, 11) is 0. The third-order valence-electron chi connectivity index (χ3n) is 3.01.